The molecular weight excluding hydrogens is 329 g/mol. The molecule has 1 heterocycles. The summed E-state index contributed by atoms with van der Waals surface area (Å²) in [6, 6.07) is 6.95. The Hall–Kier alpha value is -1.92. The van der Waals surface area contributed by atoms with Gasteiger partial charge in [-0.15, -0.1) is 11.3 Å². The molecule has 0 aliphatic heterocycles. The molecule has 2 aromatic rings. The monoisotopic (exact) mass is 341 g/mol. The molecular formula is C15H13ClFNO3S. The molecule has 1 aromatic carbocycles. The van der Waals surface area contributed by atoms with E-state index < -0.39 is 24.3 Å². The van der Waals surface area contributed by atoms with E-state index in [4.69, 9.17) is 16.3 Å². The standard InChI is InChI=1S/C15H13ClFNO3S/c1-9(13-3-2-6-22-13)18-14(19)8-21-15(20)11-5-4-10(17)7-12(11)16/h2-7,9H,8H2,1H3,(H,18,19)/t9-/m1/s1. The number of hydrogen-bond acceptors (Lipinski definition) is 4. The van der Waals surface area contributed by atoms with Crippen molar-refractivity contribution in [1.29, 1.82) is 0 Å². The van der Waals surface area contributed by atoms with Crippen molar-refractivity contribution >= 4 is 34.8 Å². The minimum absolute atomic E-state index is 0.0159. The number of carbonyl (C=O) groups is 2. The largest absolute Gasteiger partial charge is 0.452 e. The maximum atomic E-state index is 12.9. The second-order valence-corrected chi connectivity index (χ2v) is 5.89. The fourth-order valence-corrected chi connectivity index (χ4v) is 2.73. The molecule has 0 aliphatic rings. The Morgan fingerprint density at radius 3 is 2.82 bits per heavy atom. The van der Waals surface area contributed by atoms with Crippen LogP contribution in [0.1, 0.15) is 28.2 Å². The van der Waals surface area contributed by atoms with Crippen LogP contribution in [0.25, 0.3) is 0 Å². The van der Waals surface area contributed by atoms with E-state index in [-0.39, 0.29) is 16.6 Å². The van der Waals surface area contributed by atoms with Crippen LogP contribution in [0, 0.1) is 5.82 Å². The summed E-state index contributed by atoms with van der Waals surface area (Å²) < 4.78 is 17.8. The lowest BCUT2D eigenvalue weighted by Gasteiger charge is -2.12. The van der Waals surface area contributed by atoms with Crippen molar-refractivity contribution in [2.75, 3.05) is 6.61 Å². The molecule has 7 heteroatoms. The van der Waals surface area contributed by atoms with E-state index in [0.717, 1.165) is 17.0 Å². The molecule has 2 rings (SSSR count). The van der Waals surface area contributed by atoms with Crippen molar-refractivity contribution in [2.24, 2.45) is 0 Å². The molecule has 116 valence electrons. The van der Waals surface area contributed by atoms with Gasteiger partial charge in [0.05, 0.1) is 16.6 Å². The van der Waals surface area contributed by atoms with Crippen LogP contribution >= 0.6 is 22.9 Å². The number of ether oxygens (including phenoxy) is 1. The number of thiophene rings is 1. The highest BCUT2D eigenvalue weighted by atomic mass is 35.5. The lowest BCUT2D eigenvalue weighted by atomic mass is 10.2. The number of amides is 1. The summed E-state index contributed by atoms with van der Waals surface area (Å²) in [6.45, 7) is 1.41. The zero-order valence-electron chi connectivity index (χ0n) is 11.6. The van der Waals surface area contributed by atoms with E-state index in [1.165, 1.54) is 17.4 Å². The van der Waals surface area contributed by atoms with Gasteiger partial charge in [0.25, 0.3) is 5.91 Å². The Balaban J connectivity index is 1.86. The minimum atomic E-state index is -0.774. The molecule has 0 bridgehead atoms. The van der Waals surface area contributed by atoms with Gasteiger partial charge in [0.15, 0.2) is 6.61 Å². The topological polar surface area (TPSA) is 55.4 Å². The van der Waals surface area contributed by atoms with Crippen LogP contribution in [0.3, 0.4) is 0 Å². The molecule has 0 radical (unpaired) electrons. The van der Waals surface area contributed by atoms with Crippen molar-refractivity contribution < 1.29 is 18.7 Å². The van der Waals surface area contributed by atoms with Gasteiger partial charge in [0.1, 0.15) is 5.82 Å². The van der Waals surface area contributed by atoms with Crippen molar-refractivity contribution in [1.82, 2.24) is 5.32 Å². The smallest absolute Gasteiger partial charge is 0.340 e. The maximum Gasteiger partial charge on any atom is 0.340 e. The van der Waals surface area contributed by atoms with E-state index in [0.29, 0.717) is 0 Å². The zero-order chi connectivity index (χ0) is 16.1. The second kappa shape index (κ2) is 7.38. The van der Waals surface area contributed by atoms with Crippen molar-refractivity contribution in [3.05, 3.63) is 57.0 Å². The van der Waals surface area contributed by atoms with Gasteiger partial charge in [-0.2, -0.15) is 0 Å². The van der Waals surface area contributed by atoms with Crippen LogP contribution in [-0.2, 0) is 9.53 Å². The van der Waals surface area contributed by atoms with Crippen LogP contribution < -0.4 is 5.32 Å². The average Bonchev–Trinajstić information content (AvgIpc) is 2.99. The highest BCUT2D eigenvalue weighted by Crippen LogP contribution is 2.19. The number of nitrogens with one attached hydrogen (secondary N) is 1. The van der Waals surface area contributed by atoms with Gasteiger partial charge >= 0.3 is 5.97 Å². The molecule has 1 amide bonds. The predicted molar refractivity (Wildman–Crippen MR) is 82.6 cm³/mol. The first kappa shape index (κ1) is 16.5. The Morgan fingerprint density at radius 2 is 2.18 bits per heavy atom. The maximum absolute atomic E-state index is 12.9. The number of rotatable bonds is 5. The molecule has 0 fully saturated rings. The van der Waals surface area contributed by atoms with Gasteiger partial charge in [-0.3, -0.25) is 4.79 Å². The molecule has 22 heavy (non-hydrogen) atoms. The molecule has 1 N–H and O–H groups in total. The first-order valence-electron chi connectivity index (χ1n) is 6.42. The van der Waals surface area contributed by atoms with Gasteiger partial charge in [0, 0.05) is 4.88 Å². The van der Waals surface area contributed by atoms with Crippen LogP contribution in [0.4, 0.5) is 4.39 Å². The van der Waals surface area contributed by atoms with Crippen molar-refractivity contribution in [2.45, 2.75) is 13.0 Å². The van der Waals surface area contributed by atoms with E-state index in [1.54, 1.807) is 0 Å². The van der Waals surface area contributed by atoms with Crippen molar-refractivity contribution in [3.63, 3.8) is 0 Å². The summed E-state index contributed by atoms with van der Waals surface area (Å²) in [5, 5.41) is 4.57. The molecule has 1 aromatic heterocycles. The molecule has 0 saturated carbocycles. The lowest BCUT2D eigenvalue weighted by Crippen LogP contribution is -2.30. The number of halogens is 2. The molecule has 0 aliphatic carbocycles. The van der Waals surface area contributed by atoms with E-state index in [9.17, 15) is 14.0 Å². The van der Waals surface area contributed by atoms with Crippen LogP contribution in [0.15, 0.2) is 35.7 Å². The minimum Gasteiger partial charge on any atom is -0.452 e. The van der Waals surface area contributed by atoms with Gasteiger partial charge in [-0.1, -0.05) is 17.7 Å². The normalized spacial score (nSPS) is 11.8. The summed E-state index contributed by atoms with van der Waals surface area (Å²) >= 11 is 7.27. The van der Waals surface area contributed by atoms with Crippen LogP contribution in [0.5, 0.6) is 0 Å². The third-order valence-corrected chi connectivity index (χ3v) is 4.20. The number of benzene rings is 1. The summed E-state index contributed by atoms with van der Waals surface area (Å²) in [4.78, 5) is 24.5. The Bertz CT molecular complexity index is 675. The Kier molecular flexibility index (Phi) is 5.51. The average molecular weight is 342 g/mol. The predicted octanol–water partition coefficient (Wildman–Crippen LogP) is 3.57. The van der Waals surface area contributed by atoms with E-state index in [1.807, 2.05) is 24.4 Å². The number of esters is 1. The summed E-state index contributed by atoms with van der Waals surface area (Å²) in [6.07, 6.45) is 0. The molecule has 4 nitrogen and oxygen atoms in total. The zero-order valence-corrected chi connectivity index (χ0v) is 13.2. The van der Waals surface area contributed by atoms with E-state index in [2.05, 4.69) is 5.32 Å². The fraction of sp³-hybridized carbons (Fsp3) is 0.200. The third kappa shape index (κ3) is 4.29. The summed E-state index contributed by atoms with van der Waals surface area (Å²) in [5.74, 6) is -1.75. The molecule has 0 saturated heterocycles. The summed E-state index contributed by atoms with van der Waals surface area (Å²) in [7, 11) is 0. The fourth-order valence-electron chi connectivity index (χ4n) is 1.76. The SMILES string of the molecule is C[C@@H](NC(=O)COC(=O)c1ccc(F)cc1Cl)c1cccs1. The Morgan fingerprint density at radius 1 is 1.41 bits per heavy atom. The first-order chi connectivity index (χ1) is 10.5. The quantitative estimate of drug-likeness (QED) is 0.846. The summed E-state index contributed by atoms with van der Waals surface area (Å²) in [5.41, 5.74) is 0.0159. The van der Waals surface area contributed by atoms with Crippen LogP contribution in [-0.4, -0.2) is 18.5 Å². The Labute approximate surface area is 135 Å². The van der Waals surface area contributed by atoms with E-state index >= 15 is 0 Å². The third-order valence-electron chi connectivity index (χ3n) is 2.83. The van der Waals surface area contributed by atoms with Gasteiger partial charge < -0.3 is 10.1 Å². The molecule has 0 unspecified atom stereocenters. The highest BCUT2D eigenvalue weighted by molar-refractivity contribution is 7.10. The van der Waals surface area contributed by atoms with Gasteiger partial charge in [-0.25, -0.2) is 9.18 Å². The first-order valence-corrected chi connectivity index (χ1v) is 7.68. The van der Waals surface area contributed by atoms with Gasteiger partial charge in [0.2, 0.25) is 0 Å². The van der Waals surface area contributed by atoms with Gasteiger partial charge in [-0.05, 0) is 36.6 Å². The second-order valence-electron chi connectivity index (χ2n) is 4.50. The number of carbonyl (C=O) groups excluding carboxylic acids is 2. The van der Waals surface area contributed by atoms with Crippen molar-refractivity contribution in [3.8, 4) is 0 Å². The molecule has 0 spiro atoms. The van der Waals surface area contributed by atoms with Crippen LogP contribution in [0.2, 0.25) is 5.02 Å². The molecule has 1 atom stereocenters. The lowest BCUT2D eigenvalue weighted by molar-refractivity contribution is -0.124. The highest BCUT2D eigenvalue weighted by Gasteiger charge is 2.16. The number of hydrogen-bond donors (Lipinski definition) is 1.